The summed E-state index contributed by atoms with van der Waals surface area (Å²) < 4.78 is 17.0. The normalized spacial score (nSPS) is 10.7. The van der Waals surface area contributed by atoms with Crippen LogP contribution in [-0.4, -0.2) is 72.4 Å². The zero-order valence-corrected chi connectivity index (χ0v) is 17.9. The minimum atomic E-state index is -0.551. The van der Waals surface area contributed by atoms with Crippen LogP contribution in [0.2, 0.25) is 0 Å². The lowest BCUT2D eigenvalue weighted by atomic mass is 10.1. The fourth-order valence-electron chi connectivity index (χ4n) is 2.82. The number of nitrogens with zero attached hydrogens (tertiary/aromatic N) is 3. The largest absolute Gasteiger partial charge is 0.496 e. The molecule has 3 aromatic rings. The number of carbonyl (C=O) groups excluding carboxylic acids is 3. The van der Waals surface area contributed by atoms with Gasteiger partial charge in [-0.1, -0.05) is 0 Å². The highest BCUT2D eigenvalue weighted by Gasteiger charge is 2.16. The Balaban J connectivity index is 1.54. The molecule has 0 saturated carbocycles. The Labute approximate surface area is 189 Å². The Morgan fingerprint density at radius 2 is 1.91 bits per heavy atom. The third-order valence-electron chi connectivity index (χ3n) is 4.32. The van der Waals surface area contributed by atoms with Crippen LogP contribution < -0.4 is 21.1 Å². The first-order valence-corrected chi connectivity index (χ1v) is 9.99. The Bertz CT molecular complexity index is 1100. The molecule has 0 aliphatic rings. The lowest BCUT2D eigenvalue weighted by Gasteiger charge is -2.12. The quantitative estimate of drug-likeness (QED) is 0.327. The number of benzene rings is 1. The summed E-state index contributed by atoms with van der Waals surface area (Å²) in [7, 11) is 1.45. The number of primary amides is 1. The third-order valence-corrected chi connectivity index (χ3v) is 4.32. The zero-order valence-electron chi connectivity index (χ0n) is 17.9. The second-order valence-electron chi connectivity index (χ2n) is 6.71. The van der Waals surface area contributed by atoms with Crippen LogP contribution in [0.3, 0.4) is 0 Å². The molecule has 0 fully saturated rings. The zero-order chi connectivity index (χ0) is 23.6. The van der Waals surface area contributed by atoms with Crippen LogP contribution in [0.4, 0.5) is 5.69 Å². The van der Waals surface area contributed by atoms with E-state index in [1.165, 1.54) is 23.9 Å². The van der Waals surface area contributed by atoms with E-state index in [2.05, 4.69) is 20.7 Å². The van der Waals surface area contributed by atoms with Gasteiger partial charge in [0.1, 0.15) is 18.1 Å². The number of imidazole rings is 1. The molecule has 0 unspecified atom stereocenters. The van der Waals surface area contributed by atoms with E-state index in [0.717, 1.165) is 0 Å². The molecule has 12 nitrogen and oxygen atoms in total. The average molecular weight is 456 g/mol. The molecule has 0 saturated heterocycles. The number of carbonyl (C=O) groups is 3. The van der Waals surface area contributed by atoms with Crippen LogP contribution >= 0.6 is 0 Å². The van der Waals surface area contributed by atoms with Gasteiger partial charge in [0, 0.05) is 18.4 Å². The predicted octanol–water partition coefficient (Wildman–Crippen LogP) is 0.239. The number of nitrogens with one attached hydrogen (secondary N) is 2. The summed E-state index contributed by atoms with van der Waals surface area (Å²) in [5, 5.41) is 9.52. The maximum Gasteiger partial charge on any atom is 0.275 e. The Kier molecular flexibility index (Phi) is 8.27. The monoisotopic (exact) mass is 456 g/mol. The van der Waals surface area contributed by atoms with Gasteiger partial charge >= 0.3 is 0 Å². The van der Waals surface area contributed by atoms with Crippen molar-refractivity contribution in [3.8, 4) is 5.75 Å². The Morgan fingerprint density at radius 3 is 2.67 bits per heavy atom. The molecule has 0 radical (unpaired) electrons. The van der Waals surface area contributed by atoms with E-state index in [1.807, 2.05) is 0 Å². The molecular formula is C21H24N6O6. The number of methoxy groups -OCH3 is 1. The molecule has 0 atom stereocenters. The highest BCUT2D eigenvalue weighted by Crippen LogP contribution is 2.23. The van der Waals surface area contributed by atoms with Crippen molar-refractivity contribution in [3.63, 3.8) is 0 Å². The van der Waals surface area contributed by atoms with Gasteiger partial charge in [0.25, 0.3) is 11.8 Å². The maximum absolute atomic E-state index is 12.6. The molecule has 0 spiro atoms. The van der Waals surface area contributed by atoms with Crippen molar-refractivity contribution >= 4 is 29.1 Å². The maximum atomic E-state index is 12.6. The predicted molar refractivity (Wildman–Crippen MR) is 117 cm³/mol. The van der Waals surface area contributed by atoms with E-state index in [-0.39, 0.29) is 44.2 Å². The topological polar surface area (TPSA) is 159 Å². The summed E-state index contributed by atoms with van der Waals surface area (Å²) in [6.45, 7) is 0.789. The van der Waals surface area contributed by atoms with Gasteiger partial charge in [-0.25, -0.2) is 9.50 Å². The third kappa shape index (κ3) is 6.72. The lowest BCUT2D eigenvalue weighted by Crippen LogP contribution is -2.28. The van der Waals surface area contributed by atoms with Gasteiger partial charge in [0.2, 0.25) is 5.91 Å². The van der Waals surface area contributed by atoms with Gasteiger partial charge < -0.3 is 30.6 Å². The highest BCUT2D eigenvalue weighted by molar-refractivity contribution is 6.04. The van der Waals surface area contributed by atoms with E-state index >= 15 is 0 Å². The number of fused-ring (bicyclic) bond motifs is 1. The number of anilines is 1. The molecule has 0 aliphatic heterocycles. The SMILES string of the molecule is COc1ccc(NC(=O)c2cn3ncccc3n2)cc1C(=O)NCCOCCOCC(N)=O. The van der Waals surface area contributed by atoms with Gasteiger partial charge in [-0.05, 0) is 30.3 Å². The standard InChI is InChI=1S/C21H24N6O6/c1-31-17-5-4-14(25-21(30)16-12-27-19(26-16)3-2-6-24-27)11-15(17)20(29)23-7-8-32-9-10-33-13-18(22)28/h2-6,11-12H,7-10,13H2,1H3,(H2,22,28)(H,23,29)(H,25,30). The van der Waals surface area contributed by atoms with Crippen LogP contribution in [0.5, 0.6) is 5.75 Å². The number of hydrogen-bond donors (Lipinski definition) is 3. The van der Waals surface area contributed by atoms with Crippen LogP contribution in [0.15, 0.2) is 42.7 Å². The summed E-state index contributed by atoms with van der Waals surface area (Å²) in [4.78, 5) is 40.0. The van der Waals surface area contributed by atoms with Gasteiger partial charge in [-0.2, -0.15) is 5.10 Å². The van der Waals surface area contributed by atoms with Crippen LogP contribution in [0, 0.1) is 0 Å². The van der Waals surface area contributed by atoms with Gasteiger partial charge in [-0.3, -0.25) is 14.4 Å². The minimum Gasteiger partial charge on any atom is -0.496 e. The number of rotatable bonds is 12. The second kappa shape index (κ2) is 11.5. The fraction of sp³-hybridized carbons (Fsp3) is 0.286. The number of hydrogen-bond acceptors (Lipinski definition) is 8. The molecule has 0 aliphatic carbocycles. The Hall–Kier alpha value is -4.03. The number of amides is 3. The molecular weight excluding hydrogens is 432 g/mol. The van der Waals surface area contributed by atoms with Gasteiger partial charge in [0.05, 0.1) is 38.7 Å². The first-order chi connectivity index (χ1) is 16.0. The summed E-state index contributed by atoms with van der Waals surface area (Å²) >= 11 is 0. The van der Waals surface area contributed by atoms with E-state index in [9.17, 15) is 14.4 Å². The molecule has 4 N–H and O–H groups in total. The summed E-state index contributed by atoms with van der Waals surface area (Å²) in [6, 6.07) is 8.18. The van der Waals surface area contributed by atoms with E-state index in [1.54, 1.807) is 30.5 Å². The van der Waals surface area contributed by atoms with Crippen molar-refractivity contribution in [1.82, 2.24) is 19.9 Å². The van der Waals surface area contributed by atoms with Gasteiger partial charge in [-0.15, -0.1) is 0 Å². The molecule has 12 heteroatoms. The number of nitrogens with two attached hydrogens (primary N) is 1. The van der Waals surface area contributed by atoms with Crippen molar-refractivity contribution < 1.29 is 28.6 Å². The van der Waals surface area contributed by atoms with E-state index in [4.69, 9.17) is 19.9 Å². The smallest absolute Gasteiger partial charge is 0.275 e. The molecule has 3 rings (SSSR count). The molecule has 33 heavy (non-hydrogen) atoms. The lowest BCUT2D eigenvalue weighted by molar-refractivity contribution is -0.123. The molecule has 3 amide bonds. The second-order valence-corrected chi connectivity index (χ2v) is 6.71. The van der Waals surface area contributed by atoms with Crippen molar-refractivity contribution in [2.24, 2.45) is 5.73 Å². The fourth-order valence-corrected chi connectivity index (χ4v) is 2.82. The summed E-state index contributed by atoms with van der Waals surface area (Å²) in [6.07, 6.45) is 3.11. The van der Waals surface area contributed by atoms with Crippen molar-refractivity contribution in [2.75, 3.05) is 45.4 Å². The Morgan fingerprint density at radius 1 is 1.09 bits per heavy atom. The van der Waals surface area contributed by atoms with Gasteiger partial charge in [0.15, 0.2) is 5.65 Å². The van der Waals surface area contributed by atoms with Crippen molar-refractivity contribution in [3.05, 3.63) is 54.0 Å². The highest BCUT2D eigenvalue weighted by atomic mass is 16.5. The number of aromatic nitrogens is 3. The van der Waals surface area contributed by atoms with Crippen LogP contribution in [-0.2, 0) is 14.3 Å². The molecule has 2 heterocycles. The summed E-state index contributed by atoms with van der Waals surface area (Å²) in [5.74, 6) is -1.04. The summed E-state index contributed by atoms with van der Waals surface area (Å²) in [5.41, 5.74) is 6.33. The van der Waals surface area contributed by atoms with E-state index < -0.39 is 17.7 Å². The molecule has 0 bridgehead atoms. The van der Waals surface area contributed by atoms with Crippen molar-refractivity contribution in [1.29, 1.82) is 0 Å². The van der Waals surface area contributed by atoms with E-state index in [0.29, 0.717) is 17.1 Å². The first-order valence-electron chi connectivity index (χ1n) is 9.99. The van der Waals surface area contributed by atoms with Crippen LogP contribution in [0.25, 0.3) is 5.65 Å². The van der Waals surface area contributed by atoms with Crippen LogP contribution in [0.1, 0.15) is 20.8 Å². The number of ether oxygens (including phenoxy) is 3. The molecule has 2 aromatic heterocycles. The minimum absolute atomic E-state index is 0.166. The first kappa shape index (κ1) is 23.6. The molecule has 174 valence electrons. The average Bonchev–Trinajstić information content (AvgIpc) is 3.25. The molecule has 1 aromatic carbocycles. The van der Waals surface area contributed by atoms with Crippen molar-refractivity contribution in [2.45, 2.75) is 0 Å².